The van der Waals surface area contributed by atoms with Crippen LogP contribution in [0.5, 0.6) is 0 Å². The smallest absolute Gasteiger partial charge is 0.244 e. The van der Waals surface area contributed by atoms with E-state index in [1.165, 1.54) is 4.31 Å². The summed E-state index contributed by atoms with van der Waals surface area (Å²) in [6, 6.07) is 2.09. The average Bonchev–Trinajstić information content (AvgIpc) is 2.79. The van der Waals surface area contributed by atoms with Crippen LogP contribution in [0.25, 0.3) is 0 Å². The monoisotopic (exact) mass is 317 g/mol. The highest BCUT2D eigenvalue weighted by molar-refractivity contribution is 7.89. The van der Waals surface area contributed by atoms with Gasteiger partial charge in [-0.1, -0.05) is 20.8 Å². The van der Waals surface area contributed by atoms with E-state index < -0.39 is 10.0 Å². The van der Waals surface area contributed by atoms with Crippen LogP contribution in [0.4, 0.5) is 0 Å². The Balaban J connectivity index is 2.95. The first-order chi connectivity index (χ1) is 9.82. The van der Waals surface area contributed by atoms with E-state index in [9.17, 15) is 8.42 Å². The minimum atomic E-state index is -3.46. The molecule has 0 saturated carbocycles. The SMILES string of the molecule is CCN(CCOC)S(=O)(=O)c1cc(CNC(C)C)n(C)c1. The largest absolute Gasteiger partial charge is 0.383 e. The van der Waals surface area contributed by atoms with E-state index in [2.05, 4.69) is 19.2 Å². The fourth-order valence-electron chi connectivity index (χ4n) is 1.99. The number of hydrogen-bond donors (Lipinski definition) is 1. The first-order valence-corrected chi connectivity index (χ1v) is 8.64. The van der Waals surface area contributed by atoms with Gasteiger partial charge in [-0.05, 0) is 6.07 Å². The summed E-state index contributed by atoms with van der Waals surface area (Å²) in [4.78, 5) is 0.337. The van der Waals surface area contributed by atoms with E-state index in [0.717, 1.165) is 5.69 Å². The molecule has 1 aromatic rings. The van der Waals surface area contributed by atoms with Gasteiger partial charge in [0.15, 0.2) is 0 Å². The second-order valence-electron chi connectivity index (χ2n) is 5.30. The molecule has 1 rings (SSSR count). The van der Waals surface area contributed by atoms with Gasteiger partial charge in [-0.25, -0.2) is 8.42 Å². The Labute approximate surface area is 128 Å². The van der Waals surface area contributed by atoms with Gasteiger partial charge < -0.3 is 14.6 Å². The molecule has 0 aliphatic rings. The number of aryl methyl sites for hydroxylation is 1. The van der Waals surface area contributed by atoms with E-state index in [4.69, 9.17) is 4.74 Å². The van der Waals surface area contributed by atoms with Crippen LogP contribution in [0.3, 0.4) is 0 Å². The minimum Gasteiger partial charge on any atom is -0.383 e. The lowest BCUT2D eigenvalue weighted by Crippen LogP contribution is -2.33. The Kier molecular flexibility index (Phi) is 6.86. The molecule has 0 aliphatic heterocycles. The predicted molar refractivity (Wildman–Crippen MR) is 83.7 cm³/mol. The molecule has 0 aliphatic carbocycles. The van der Waals surface area contributed by atoms with Gasteiger partial charge in [0, 0.05) is 51.7 Å². The molecule has 0 amide bonds. The highest BCUT2D eigenvalue weighted by Gasteiger charge is 2.24. The fraction of sp³-hybridized carbons (Fsp3) is 0.714. The number of rotatable bonds is 9. The van der Waals surface area contributed by atoms with E-state index in [1.54, 1.807) is 19.4 Å². The van der Waals surface area contributed by atoms with Crippen molar-refractivity contribution >= 4 is 10.0 Å². The molecule has 122 valence electrons. The molecule has 0 saturated heterocycles. The van der Waals surface area contributed by atoms with Gasteiger partial charge in [0.1, 0.15) is 4.90 Å². The second kappa shape index (κ2) is 7.93. The zero-order valence-electron chi connectivity index (χ0n) is 13.6. The van der Waals surface area contributed by atoms with Gasteiger partial charge in [0.2, 0.25) is 10.0 Å². The molecule has 0 unspecified atom stereocenters. The summed E-state index contributed by atoms with van der Waals surface area (Å²) >= 11 is 0. The number of aromatic nitrogens is 1. The van der Waals surface area contributed by atoms with E-state index in [0.29, 0.717) is 37.2 Å². The lowest BCUT2D eigenvalue weighted by Gasteiger charge is -2.19. The Hall–Kier alpha value is -0.890. The maximum atomic E-state index is 12.6. The zero-order valence-corrected chi connectivity index (χ0v) is 14.4. The van der Waals surface area contributed by atoms with Crippen LogP contribution in [0, 0.1) is 0 Å². The molecule has 0 radical (unpaired) electrons. The number of methoxy groups -OCH3 is 1. The summed E-state index contributed by atoms with van der Waals surface area (Å²) in [5.74, 6) is 0. The topological polar surface area (TPSA) is 63.6 Å². The number of sulfonamides is 1. The number of nitrogens with one attached hydrogen (secondary N) is 1. The number of nitrogens with zero attached hydrogens (tertiary/aromatic N) is 2. The molecule has 7 heteroatoms. The lowest BCUT2D eigenvalue weighted by molar-refractivity contribution is 0.180. The van der Waals surface area contributed by atoms with Crippen LogP contribution in [0.1, 0.15) is 26.5 Å². The van der Waals surface area contributed by atoms with Gasteiger partial charge in [0.05, 0.1) is 6.61 Å². The van der Waals surface area contributed by atoms with Crippen molar-refractivity contribution in [1.82, 2.24) is 14.2 Å². The normalized spacial score (nSPS) is 12.5. The van der Waals surface area contributed by atoms with Crippen LogP contribution in [0.2, 0.25) is 0 Å². The van der Waals surface area contributed by atoms with Gasteiger partial charge in [-0.2, -0.15) is 4.31 Å². The minimum absolute atomic E-state index is 0.337. The molecule has 0 aromatic carbocycles. The molecule has 1 heterocycles. The van der Waals surface area contributed by atoms with Crippen LogP contribution < -0.4 is 5.32 Å². The molecule has 0 fully saturated rings. The molecule has 0 atom stereocenters. The van der Waals surface area contributed by atoms with E-state index >= 15 is 0 Å². The maximum absolute atomic E-state index is 12.6. The first-order valence-electron chi connectivity index (χ1n) is 7.20. The summed E-state index contributed by atoms with van der Waals surface area (Å²) in [6.07, 6.45) is 1.67. The fourth-order valence-corrected chi connectivity index (χ4v) is 3.52. The Morgan fingerprint density at radius 2 is 2.10 bits per heavy atom. The third kappa shape index (κ3) is 4.81. The van der Waals surface area contributed by atoms with E-state index in [-0.39, 0.29) is 0 Å². The van der Waals surface area contributed by atoms with Crippen molar-refractivity contribution in [2.24, 2.45) is 7.05 Å². The third-order valence-corrected chi connectivity index (χ3v) is 5.25. The van der Waals surface area contributed by atoms with Crippen LogP contribution in [-0.2, 0) is 28.4 Å². The molecule has 1 aromatic heterocycles. The predicted octanol–water partition coefficient (Wildman–Crippen LogP) is 1.18. The summed E-state index contributed by atoms with van der Waals surface area (Å²) < 4.78 is 33.5. The Bertz CT molecular complexity index is 538. The average molecular weight is 317 g/mol. The van der Waals surface area contributed by atoms with Crippen molar-refractivity contribution < 1.29 is 13.2 Å². The Morgan fingerprint density at radius 3 is 2.62 bits per heavy atom. The molecule has 6 nitrogen and oxygen atoms in total. The second-order valence-corrected chi connectivity index (χ2v) is 7.24. The van der Waals surface area contributed by atoms with Crippen LogP contribution >= 0.6 is 0 Å². The van der Waals surface area contributed by atoms with Crippen molar-refractivity contribution in [2.45, 2.75) is 38.3 Å². The molecular weight excluding hydrogens is 290 g/mol. The molecule has 0 spiro atoms. The number of likely N-dealkylation sites (N-methyl/N-ethyl adjacent to an activating group) is 1. The highest BCUT2D eigenvalue weighted by atomic mass is 32.2. The third-order valence-electron chi connectivity index (χ3n) is 3.31. The van der Waals surface area contributed by atoms with Crippen molar-refractivity contribution in [3.05, 3.63) is 18.0 Å². The molecule has 21 heavy (non-hydrogen) atoms. The summed E-state index contributed by atoms with van der Waals surface area (Å²) in [5, 5.41) is 3.30. The maximum Gasteiger partial charge on any atom is 0.244 e. The first kappa shape index (κ1) is 18.2. The van der Waals surface area contributed by atoms with Crippen molar-refractivity contribution in [3.8, 4) is 0 Å². The van der Waals surface area contributed by atoms with Crippen molar-refractivity contribution in [2.75, 3.05) is 26.8 Å². The quantitative estimate of drug-likeness (QED) is 0.743. The van der Waals surface area contributed by atoms with Gasteiger partial charge in [0.25, 0.3) is 0 Å². The van der Waals surface area contributed by atoms with Crippen molar-refractivity contribution in [1.29, 1.82) is 0 Å². The number of ether oxygens (including phenoxy) is 1. The summed E-state index contributed by atoms with van der Waals surface area (Å²) in [5.41, 5.74) is 0.949. The van der Waals surface area contributed by atoms with Gasteiger partial charge in [-0.15, -0.1) is 0 Å². The zero-order chi connectivity index (χ0) is 16.0. The van der Waals surface area contributed by atoms with Crippen LogP contribution in [0.15, 0.2) is 17.2 Å². The van der Waals surface area contributed by atoms with Gasteiger partial charge in [-0.3, -0.25) is 0 Å². The van der Waals surface area contributed by atoms with E-state index in [1.807, 2.05) is 18.5 Å². The lowest BCUT2D eigenvalue weighted by atomic mass is 10.3. The molecule has 0 bridgehead atoms. The van der Waals surface area contributed by atoms with Crippen LogP contribution in [-0.4, -0.2) is 50.1 Å². The number of hydrogen-bond acceptors (Lipinski definition) is 4. The van der Waals surface area contributed by atoms with Gasteiger partial charge >= 0.3 is 0 Å². The summed E-state index contributed by atoms with van der Waals surface area (Å²) in [7, 11) is -0.0279. The van der Waals surface area contributed by atoms with Crippen molar-refractivity contribution in [3.63, 3.8) is 0 Å². The Morgan fingerprint density at radius 1 is 1.43 bits per heavy atom. The molecular formula is C14H27N3O3S. The molecule has 1 N–H and O–H groups in total. The highest BCUT2D eigenvalue weighted by Crippen LogP contribution is 2.18. The standard InChI is InChI=1S/C14H27N3O3S/c1-6-17(7-8-20-5)21(18,19)14-9-13(16(4)11-14)10-15-12(2)3/h9,11-12,15H,6-8,10H2,1-5H3. The summed E-state index contributed by atoms with van der Waals surface area (Å²) in [6.45, 7) is 7.78.